The lowest BCUT2D eigenvalue weighted by Gasteiger charge is -2.13. The quantitative estimate of drug-likeness (QED) is 0.507. The molecule has 0 unspecified atom stereocenters. The van der Waals surface area contributed by atoms with Crippen LogP contribution in [0.1, 0.15) is 28.8 Å². The van der Waals surface area contributed by atoms with E-state index in [2.05, 4.69) is 0 Å². The molecule has 0 aliphatic carbocycles. The van der Waals surface area contributed by atoms with Gasteiger partial charge >= 0.3 is 11.9 Å². The lowest BCUT2D eigenvalue weighted by molar-refractivity contribution is -0.137. The number of carbonyl (C=O) groups excluding carboxylic acids is 1. The number of thiocarbonyl (C=S) groups is 1. The Balaban J connectivity index is 1.77. The molecule has 1 saturated heterocycles. The van der Waals surface area contributed by atoms with E-state index in [4.69, 9.17) is 17.3 Å². The summed E-state index contributed by atoms with van der Waals surface area (Å²) in [4.78, 5) is 36.5. The molecule has 3 rings (SSSR count). The molecule has 0 radical (unpaired) electrons. The maximum atomic E-state index is 12.5. The average molecular weight is 428 g/mol. The van der Waals surface area contributed by atoms with Crippen molar-refractivity contribution in [3.63, 3.8) is 0 Å². The first kappa shape index (κ1) is 20.8. The molecule has 8 heteroatoms. The van der Waals surface area contributed by atoms with Crippen molar-refractivity contribution in [2.75, 3.05) is 6.54 Å². The molecule has 1 heterocycles. The van der Waals surface area contributed by atoms with Crippen molar-refractivity contribution in [1.82, 2.24) is 4.90 Å². The number of benzene rings is 2. The minimum absolute atomic E-state index is 0.0185. The molecule has 0 spiro atoms. The number of hydrogen-bond acceptors (Lipinski definition) is 5. The number of amides is 1. The van der Waals surface area contributed by atoms with E-state index in [1.54, 1.807) is 42.5 Å². The van der Waals surface area contributed by atoms with Gasteiger partial charge < -0.3 is 10.2 Å². The standard InChI is InChI=1S/C21H17NO5S2/c23-18(24)6-3-11-22-19(25)17(29-21(22)28)12-13-7-9-14(10-8-13)15-4-1-2-5-16(15)20(26)27/h1-2,4-5,7-10,12H,3,6,11H2,(H,23,24)(H,26,27). The SMILES string of the molecule is O=C(O)CCCN1C(=O)C(=Cc2ccc(-c3ccccc3C(=O)O)cc2)SC1=S. The van der Waals surface area contributed by atoms with Crippen molar-refractivity contribution in [3.05, 3.63) is 64.6 Å². The summed E-state index contributed by atoms with van der Waals surface area (Å²) in [6.07, 6.45) is 2.05. The molecule has 2 aromatic carbocycles. The fraction of sp³-hybridized carbons (Fsp3) is 0.143. The Hall–Kier alpha value is -2.97. The van der Waals surface area contributed by atoms with Crippen LogP contribution in [0.2, 0.25) is 0 Å². The van der Waals surface area contributed by atoms with Gasteiger partial charge in [-0.2, -0.15) is 0 Å². The van der Waals surface area contributed by atoms with Crippen LogP contribution in [-0.4, -0.2) is 43.8 Å². The zero-order valence-electron chi connectivity index (χ0n) is 15.2. The third-order valence-corrected chi connectivity index (χ3v) is 5.70. The molecule has 0 atom stereocenters. The Morgan fingerprint density at radius 1 is 1.07 bits per heavy atom. The Kier molecular flexibility index (Phi) is 6.46. The lowest BCUT2D eigenvalue weighted by atomic mass is 9.98. The van der Waals surface area contributed by atoms with Crippen molar-refractivity contribution in [2.24, 2.45) is 0 Å². The van der Waals surface area contributed by atoms with Crippen LogP contribution in [0.25, 0.3) is 17.2 Å². The van der Waals surface area contributed by atoms with Crippen LogP contribution in [0, 0.1) is 0 Å². The minimum Gasteiger partial charge on any atom is -0.481 e. The Morgan fingerprint density at radius 3 is 2.41 bits per heavy atom. The number of carbonyl (C=O) groups is 3. The fourth-order valence-corrected chi connectivity index (χ4v) is 4.22. The molecule has 2 N–H and O–H groups in total. The highest BCUT2D eigenvalue weighted by molar-refractivity contribution is 8.26. The van der Waals surface area contributed by atoms with Crippen LogP contribution >= 0.6 is 24.0 Å². The summed E-state index contributed by atoms with van der Waals surface area (Å²) in [5.41, 5.74) is 2.40. The predicted octanol–water partition coefficient (Wildman–Crippen LogP) is 4.12. The first-order chi connectivity index (χ1) is 13.9. The molecule has 1 fully saturated rings. The van der Waals surface area contributed by atoms with Crippen LogP contribution in [0.15, 0.2) is 53.4 Å². The van der Waals surface area contributed by atoms with Gasteiger partial charge in [-0.05, 0) is 35.3 Å². The maximum Gasteiger partial charge on any atom is 0.336 e. The van der Waals surface area contributed by atoms with Crippen molar-refractivity contribution < 1.29 is 24.6 Å². The van der Waals surface area contributed by atoms with E-state index in [0.29, 0.717) is 21.2 Å². The first-order valence-electron chi connectivity index (χ1n) is 8.77. The van der Waals surface area contributed by atoms with Crippen LogP contribution in [-0.2, 0) is 9.59 Å². The van der Waals surface area contributed by atoms with Gasteiger partial charge in [0.1, 0.15) is 4.32 Å². The molecular formula is C21H17NO5S2. The molecule has 1 amide bonds. The Morgan fingerprint density at radius 2 is 1.76 bits per heavy atom. The summed E-state index contributed by atoms with van der Waals surface area (Å²) >= 11 is 6.42. The monoisotopic (exact) mass is 427 g/mol. The first-order valence-corrected chi connectivity index (χ1v) is 9.99. The molecular weight excluding hydrogens is 410 g/mol. The van der Waals surface area contributed by atoms with Gasteiger partial charge in [-0.1, -0.05) is 66.4 Å². The van der Waals surface area contributed by atoms with Gasteiger partial charge in [-0.3, -0.25) is 14.5 Å². The van der Waals surface area contributed by atoms with E-state index < -0.39 is 11.9 Å². The van der Waals surface area contributed by atoms with Gasteiger partial charge in [0.15, 0.2) is 0 Å². The highest BCUT2D eigenvalue weighted by Crippen LogP contribution is 2.33. The molecule has 0 saturated carbocycles. The second kappa shape index (κ2) is 9.02. The highest BCUT2D eigenvalue weighted by atomic mass is 32.2. The van der Waals surface area contributed by atoms with Crippen molar-refractivity contribution in [1.29, 1.82) is 0 Å². The van der Waals surface area contributed by atoms with E-state index in [1.165, 1.54) is 16.7 Å². The maximum absolute atomic E-state index is 12.5. The minimum atomic E-state index is -0.990. The summed E-state index contributed by atoms with van der Waals surface area (Å²) < 4.78 is 0.415. The predicted molar refractivity (Wildman–Crippen MR) is 116 cm³/mol. The van der Waals surface area contributed by atoms with E-state index >= 15 is 0 Å². The second-order valence-electron chi connectivity index (χ2n) is 6.30. The number of aromatic carboxylic acids is 1. The van der Waals surface area contributed by atoms with E-state index in [9.17, 15) is 19.5 Å². The van der Waals surface area contributed by atoms with E-state index in [0.717, 1.165) is 11.1 Å². The molecule has 0 bridgehead atoms. The number of hydrogen-bond donors (Lipinski definition) is 2. The van der Waals surface area contributed by atoms with Crippen LogP contribution in [0.4, 0.5) is 0 Å². The van der Waals surface area contributed by atoms with Crippen LogP contribution < -0.4 is 0 Å². The van der Waals surface area contributed by atoms with Crippen LogP contribution in [0.3, 0.4) is 0 Å². The van der Waals surface area contributed by atoms with Gasteiger partial charge in [0.2, 0.25) is 0 Å². The molecule has 1 aliphatic heterocycles. The summed E-state index contributed by atoms with van der Waals surface area (Å²) in [6.45, 7) is 0.277. The summed E-state index contributed by atoms with van der Waals surface area (Å²) in [5.74, 6) is -2.13. The summed E-state index contributed by atoms with van der Waals surface area (Å²) in [5, 5.41) is 18.1. The summed E-state index contributed by atoms with van der Waals surface area (Å²) in [6, 6.07) is 14.0. The zero-order valence-corrected chi connectivity index (χ0v) is 16.8. The average Bonchev–Trinajstić information content (AvgIpc) is 2.95. The molecule has 6 nitrogen and oxygen atoms in total. The Bertz CT molecular complexity index is 1010. The van der Waals surface area contributed by atoms with Gasteiger partial charge in [0.25, 0.3) is 5.91 Å². The molecule has 0 aromatic heterocycles. The van der Waals surface area contributed by atoms with Crippen molar-refractivity contribution in [2.45, 2.75) is 12.8 Å². The van der Waals surface area contributed by atoms with Gasteiger partial charge in [-0.15, -0.1) is 0 Å². The van der Waals surface area contributed by atoms with Crippen molar-refractivity contribution >= 4 is 52.2 Å². The van der Waals surface area contributed by atoms with Gasteiger partial charge in [-0.25, -0.2) is 4.79 Å². The number of carboxylic acid groups (broad SMARTS) is 2. The largest absolute Gasteiger partial charge is 0.481 e. The number of nitrogens with zero attached hydrogens (tertiary/aromatic N) is 1. The highest BCUT2D eigenvalue weighted by Gasteiger charge is 2.31. The molecule has 1 aliphatic rings. The topological polar surface area (TPSA) is 94.9 Å². The molecule has 29 heavy (non-hydrogen) atoms. The number of aliphatic carboxylic acids is 1. The third-order valence-electron chi connectivity index (χ3n) is 4.32. The molecule has 148 valence electrons. The smallest absolute Gasteiger partial charge is 0.336 e. The fourth-order valence-electron chi connectivity index (χ4n) is 2.91. The Labute approximate surface area is 176 Å². The summed E-state index contributed by atoms with van der Waals surface area (Å²) in [7, 11) is 0. The van der Waals surface area contributed by atoms with E-state index in [1.807, 2.05) is 12.1 Å². The third kappa shape index (κ3) is 4.90. The number of rotatable bonds is 7. The van der Waals surface area contributed by atoms with E-state index in [-0.39, 0.29) is 24.4 Å². The number of carboxylic acids is 2. The lowest BCUT2D eigenvalue weighted by Crippen LogP contribution is -2.29. The van der Waals surface area contributed by atoms with Crippen molar-refractivity contribution in [3.8, 4) is 11.1 Å². The van der Waals surface area contributed by atoms with Gasteiger partial charge in [0, 0.05) is 13.0 Å². The number of thioether (sulfide) groups is 1. The van der Waals surface area contributed by atoms with Crippen LogP contribution in [0.5, 0.6) is 0 Å². The zero-order chi connectivity index (χ0) is 21.0. The van der Waals surface area contributed by atoms with Gasteiger partial charge in [0.05, 0.1) is 10.5 Å². The normalized spacial score (nSPS) is 15.2. The molecule has 2 aromatic rings. The second-order valence-corrected chi connectivity index (χ2v) is 7.98.